The van der Waals surface area contributed by atoms with E-state index in [4.69, 9.17) is 11.6 Å². The molecule has 180 valence electrons. The summed E-state index contributed by atoms with van der Waals surface area (Å²) in [5, 5.41) is 14.7. The summed E-state index contributed by atoms with van der Waals surface area (Å²) in [4.78, 5) is 30.5. The van der Waals surface area contributed by atoms with Crippen molar-refractivity contribution in [2.45, 2.75) is 24.9 Å². The number of alkyl halides is 2. The summed E-state index contributed by atoms with van der Waals surface area (Å²) in [7, 11) is 0. The van der Waals surface area contributed by atoms with Gasteiger partial charge in [-0.3, -0.25) is 14.3 Å². The van der Waals surface area contributed by atoms with Crippen LogP contribution in [0.25, 0.3) is 16.6 Å². The molecule has 5 aromatic heterocycles. The molecule has 1 fully saturated rings. The number of aromatic amines is 1. The Balaban J connectivity index is 1.59. The third-order valence-corrected chi connectivity index (χ3v) is 6.51. The highest BCUT2D eigenvalue weighted by molar-refractivity contribution is 6.33. The number of halogens is 3. The van der Waals surface area contributed by atoms with Crippen molar-refractivity contribution >= 4 is 34.0 Å². The van der Waals surface area contributed by atoms with Gasteiger partial charge in [-0.15, -0.1) is 0 Å². The third kappa shape index (κ3) is 3.47. The van der Waals surface area contributed by atoms with Gasteiger partial charge in [0, 0.05) is 25.0 Å². The lowest BCUT2D eigenvalue weighted by molar-refractivity contribution is 0.0218. The van der Waals surface area contributed by atoms with Gasteiger partial charge in [-0.2, -0.15) is 10.4 Å². The van der Waals surface area contributed by atoms with Crippen molar-refractivity contribution < 1.29 is 8.78 Å². The van der Waals surface area contributed by atoms with Gasteiger partial charge in [0.25, 0.3) is 11.5 Å². The summed E-state index contributed by atoms with van der Waals surface area (Å²) in [5.74, 6) is -2.85. The van der Waals surface area contributed by atoms with E-state index in [1.807, 2.05) is 6.07 Å². The Bertz CT molecular complexity index is 1720. The molecule has 10 nitrogen and oxygen atoms in total. The number of pyridine rings is 1. The fourth-order valence-corrected chi connectivity index (χ4v) is 4.88. The first-order valence-electron chi connectivity index (χ1n) is 10.9. The molecule has 6 rings (SSSR count). The molecule has 1 atom stereocenters. The van der Waals surface area contributed by atoms with Crippen molar-refractivity contribution in [1.29, 1.82) is 5.26 Å². The zero-order valence-corrected chi connectivity index (χ0v) is 19.2. The third-order valence-electron chi connectivity index (χ3n) is 6.21. The molecule has 1 aliphatic rings. The maximum Gasteiger partial charge on any atom is 0.279 e. The van der Waals surface area contributed by atoms with Gasteiger partial charge >= 0.3 is 0 Å². The minimum absolute atomic E-state index is 0.00269. The predicted molar refractivity (Wildman–Crippen MR) is 126 cm³/mol. The molecule has 6 heterocycles. The second-order valence-electron chi connectivity index (χ2n) is 8.47. The first kappa shape index (κ1) is 22.1. The van der Waals surface area contributed by atoms with Crippen LogP contribution < -0.4 is 10.5 Å². The van der Waals surface area contributed by atoms with Crippen molar-refractivity contribution in [2.75, 3.05) is 11.4 Å². The van der Waals surface area contributed by atoms with Gasteiger partial charge in [0.15, 0.2) is 5.82 Å². The van der Waals surface area contributed by atoms with Gasteiger partial charge in [-0.1, -0.05) is 17.7 Å². The van der Waals surface area contributed by atoms with Crippen LogP contribution in [0, 0.1) is 11.3 Å². The van der Waals surface area contributed by atoms with E-state index < -0.39 is 30.5 Å². The van der Waals surface area contributed by atoms with E-state index in [0.29, 0.717) is 16.7 Å². The molecule has 1 aliphatic heterocycles. The number of fused-ring (bicyclic) bond motifs is 2. The maximum absolute atomic E-state index is 15.0. The monoisotopic (exact) mass is 507 g/mol. The normalized spacial score (nSPS) is 17.2. The Hall–Kier alpha value is -4.37. The van der Waals surface area contributed by atoms with Gasteiger partial charge in [0.1, 0.15) is 29.4 Å². The SMILES string of the molecule is N#Cc1c[nH]c2ncnc(N3CC(F)(F)C[C@H]3c3nn4ccc(Cl)c4c(=O)n3Cc3ccccn3)c12. The number of hydrogen-bond donors (Lipinski definition) is 1. The van der Waals surface area contributed by atoms with E-state index in [-0.39, 0.29) is 34.3 Å². The predicted octanol–water partition coefficient (Wildman–Crippen LogP) is 3.32. The van der Waals surface area contributed by atoms with E-state index in [1.54, 1.807) is 24.4 Å². The van der Waals surface area contributed by atoms with Gasteiger partial charge in [-0.05, 0) is 18.2 Å². The van der Waals surface area contributed by atoms with E-state index >= 15 is 0 Å². The van der Waals surface area contributed by atoms with Crippen LogP contribution in [0.3, 0.4) is 0 Å². The highest BCUT2D eigenvalue weighted by atomic mass is 35.5. The molecule has 0 aliphatic carbocycles. The fraction of sp³-hybridized carbons (Fsp3) is 0.217. The lowest BCUT2D eigenvalue weighted by Crippen LogP contribution is -2.34. The van der Waals surface area contributed by atoms with E-state index in [1.165, 1.54) is 38.8 Å². The molecule has 0 saturated carbocycles. The van der Waals surface area contributed by atoms with Crippen LogP contribution in [-0.2, 0) is 6.54 Å². The second kappa shape index (κ2) is 8.10. The number of aromatic nitrogens is 7. The molecular weight excluding hydrogens is 492 g/mol. The number of rotatable bonds is 4. The first-order chi connectivity index (χ1) is 17.4. The van der Waals surface area contributed by atoms with E-state index in [2.05, 4.69) is 25.0 Å². The largest absolute Gasteiger partial charge is 0.345 e. The first-order valence-corrected chi connectivity index (χ1v) is 11.3. The van der Waals surface area contributed by atoms with E-state index in [9.17, 15) is 18.8 Å². The van der Waals surface area contributed by atoms with Crippen LogP contribution in [0.15, 0.2) is 54.0 Å². The molecule has 0 aromatic carbocycles. The Labute approximate surface area is 206 Å². The van der Waals surface area contributed by atoms with Crippen molar-refractivity contribution in [3.8, 4) is 6.07 Å². The Kier molecular flexibility index (Phi) is 4.97. The molecular formula is C23H16ClF2N9O. The summed E-state index contributed by atoms with van der Waals surface area (Å²) < 4.78 is 32.6. The Morgan fingerprint density at radius 1 is 1.25 bits per heavy atom. The average Bonchev–Trinajstić information content (AvgIpc) is 3.55. The number of hydrogen-bond acceptors (Lipinski definition) is 7. The zero-order chi connectivity index (χ0) is 25.0. The number of anilines is 1. The Morgan fingerprint density at radius 2 is 2.11 bits per heavy atom. The number of H-pyrrole nitrogens is 1. The fourth-order valence-electron chi connectivity index (χ4n) is 4.65. The molecule has 0 bridgehead atoms. The molecule has 0 amide bonds. The molecule has 13 heteroatoms. The molecule has 0 unspecified atom stereocenters. The lowest BCUT2D eigenvalue weighted by atomic mass is 10.1. The molecule has 5 aromatic rings. The van der Waals surface area contributed by atoms with Gasteiger partial charge < -0.3 is 9.88 Å². The number of nitriles is 1. The van der Waals surface area contributed by atoms with E-state index in [0.717, 1.165) is 0 Å². The summed E-state index contributed by atoms with van der Waals surface area (Å²) in [6.07, 6.45) is 5.18. The summed E-state index contributed by atoms with van der Waals surface area (Å²) in [6, 6.07) is 7.77. The molecule has 0 radical (unpaired) electrons. The van der Waals surface area contributed by atoms with Crippen LogP contribution in [0.1, 0.15) is 29.5 Å². The van der Waals surface area contributed by atoms with Crippen molar-refractivity contribution in [3.05, 3.63) is 81.6 Å². The standard InChI is InChI=1S/C23H16ClF2N9O/c24-15-4-6-35-18(15)22(36)33(10-14-3-1-2-5-28-14)20(32-35)16-7-23(25,26)11-34(16)21-17-13(8-27)9-29-19(17)30-12-31-21/h1-6,9,12,16H,7,10-11H2,(H,29,30,31)/t16-/m0/s1. The highest BCUT2D eigenvalue weighted by Gasteiger charge is 2.49. The topological polar surface area (TPSA) is 121 Å². The van der Waals surface area contributed by atoms with Gasteiger partial charge in [0.2, 0.25) is 0 Å². The summed E-state index contributed by atoms with van der Waals surface area (Å²) in [5.41, 5.74) is 0.767. The highest BCUT2D eigenvalue weighted by Crippen LogP contribution is 2.44. The summed E-state index contributed by atoms with van der Waals surface area (Å²) in [6.45, 7) is -0.674. The van der Waals surface area contributed by atoms with Gasteiger partial charge in [0.05, 0.1) is 40.8 Å². The molecule has 0 spiro atoms. The minimum Gasteiger partial charge on any atom is -0.345 e. The van der Waals surface area contributed by atoms with Crippen LogP contribution in [-0.4, -0.2) is 46.6 Å². The van der Waals surface area contributed by atoms with Crippen LogP contribution in [0.2, 0.25) is 5.02 Å². The van der Waals surface area contributed by atoms with Crippen LogP contribution in [0.4, 0.5) is 14.6 Å². The number of nitrogens with zero attached hydrogens (tertiary/aromatic N) is 8. The van der Waals surface area contributed by atoms with Crippen molar-refractivity contribution in [3.63, 3.8) is 0 Å². The smallest absolute Gasteiger partial charge is 0.279 e. The average molecular weight is 508 g/mol. The summed E-state index contributed by atoms with van der Waals surface area (Å²) >= 11 is 6.25. The molecule has 1 N–H and O–H groups in total. The minimum atomic E-state index is -3.11. The van der Waals surface area contributed by atoms with Crippen molar-refractivity contribution in [1.82, 2.24) is 34.1 Å². The molecule has 1 saturated heterocycles. The quantitative estimate of drug-likeness (QED) is 0.396. The van der Waals surface area contributed by atoms with Gasteiger partial charge in [-0.25, -0.2) is 23.3 Å². The van der Waals surface area contributed by atoms with Crippen LogP contribution >= 0.6 is 11.6 Å². The Morgan fingerprint density at radius 3 is 2.89 bits per heavy atom. The lowest BCUT2D eigenvalue weighted by Gasteiger charge is -2.27. The second-order valence-corrected chi connectivity index (χ2v) is 8.87. The van der Waals surface area contributed by atoms with Crippen LogP contribution in [0.5, 0.6) is 0 Å². The maximum atomic E-state index is 15.0. The number of nitrogens with one attached hydrogen (secondary N) is 1. The van der Waals surface area contributed by atoms with Crippen molar-refractivity contribution in [2.24, 2.45) is 0 Å². The molecule has 36 heavy (non-hydrogen) atoms. The zero-order valence-electron chi connectivity index (χ0n) is 18.4.